The number of hydrogen-bond acceptors (Lipinski definition) is 7. The number of aromatic nitrogens is 3. The highest BCUT2D eigenvalue weighted by atomic mass is 19.4. The number of amides is 2. The molecule has 2 aliphatic heterocycles. The van der Waals surface area contributed by atoms with E-state index in [0.717, 1.165) is 75.5 Å². The summed E-state index contributed by atoms with van der Waals surface area (Å²) in [5.74, 6) is -1.03. The first-order chi connectivity index (χ1) is 19.7. The summed E-state index contributed by atoms with van der Waals surface area (Å²) in [5.41, 5.74) is 5.29. The summed E-state index contributed by atoms with van der Waals surface area (Å²) in [6.45, 7) is 8.39. The third-order valence-corrected chi connectivity index (χ3v) is 7.52. The highest BCUT2D eigenvalue weighted by Crippen LogP contribution is 2.27. The maximum atomic E-state index is 13.0. The zero-order chi connectivity index (χ0) is 29.0. The lowest BCUT2D eigenvalue weighted by molar-refractivity contribution is -0.141. The molecule has 13 heteroatoms. The van der Waals surface area contributed by atoms with E-state index in [1.54, 1.807) is 0 Å². The third-order valence-electron chi connectivity index (χ3n) is 7.52. The van der Waals surface area contributed by atoms with Gasteiger partial charge in [-0.2, -0.15) is 18.3 Å². The Morgan fingerprint density at radius 2 is 1.68 bits per heavy atom. The second kappa shape index (κ2) is 12.4. The van der Waals surface area contributed by atoms with Crippen molar-refractivity contribution in [2.75, 3.05) is 51.1 Å². The Kier molecular flexibility index (Phi) is 8.66. The molecule has 4 N–H and O–H groups in total. The van der Waals surface area contributed by atoms with Gasteiger partial charge in [-0.05, 0) is 61.7 Å². The van der Waals surface area contributed by atoms with Gasteiger partial charge >= 0.3 is 6.18 Å². The quantitative estimate of drug-likeness (QED) is 0.381. The van der Waals surface area contributed by atoms with Crippen LogP contribution in [0.3, 0.4) is 0 Å². The Bertz CT molecular complexity index is 1360. The molecule has 41 heavy (non-hydrogen) atoms. The summed E-state index contributed by atoms with van der Waals surface area (Å²) in [6, 6.07) is 10.6. The van der Waals surface area contributed by atoms with Crippen LogP contribution in [-0.4, -0.2) is 82.2 Å². The molecule has 4 heterocycles. The molecule has 218 valence electrons. The van der Waals surface area contributed by atoms with Crippen LogP contribution in [0.25, 0.3) is 5.69 Å². The zero-order valence-corrected chi connectivity index (χ0v) is 22.5. The molecule has 2 fully saturated rings. The molecule has 3 aromatic rings. The van der Waals surface area contributed by atoms with Crippen LogP contribution in [-0.2, 0) is 12.7 Å². The lowest BCUT2D eigenvalue weighted by Gasteiger charge is -2.37. The number of anilines is 1. The predicted molar refractivity (Wildman–Crippen MR) is 147 cm³/mol. The van der Waals surface area contributed by atoms with Gasteiger partial charge in [-0.3, -0.25) is 14.5 Å². The van der Waals surface area contributed by atoms with Crippen molar-refractivity contribution < 1.29 is 22.8 Å². The van der Waals surface area contributed by atoms with Gasteiger partial charge in [0.1, 0.15) is 11.4 Å². The van der Waals surface area contributed by atoms with E-state index < -0.39 is 29.4 Å². The average Bonchev–Trinajstić information content (AvgIpc) is 3.39. The molecule has 0 atom stereocenters. The Morgan fingerprint density at radius 3 is 2.34 bits per heavy atom. The standard InChI is InChI=1S/C28H33F3N8O2/c29-28(30,31)24-3-1-2-22(34-24)27(41)35-23-18-39(36-25(23)26(32)40)21-6-4-19(5-7-21)16-37-12-14-38(15-13-37)17-20-8-10-33-11-9-20/h1-7,18,20,33H,8-17H2,(H2,32,40)(H,35,41). The number of benzene rings is 1. The van der Waals surface area contributed by atoms with E-state index in [1.165, 1.54) is 30.3 Å². The zero-order valence-electron chi connectivity index (χ0n) is 22.5. The molecule has 0 bridgehead atoms. The van der Waals surface area contributed by atoms with Crippen molar-refractivity contribution in [2.45, 2.75) is 25.6 Å². The summed E-state index contributed by atoms with van der Waals surface area (Å²) >= 11 is 0. The van der Waals surface area contributed by atoms with E-state index >= 15 is 0 Å². The number of rotatable bonds is 8. The highest BCUT2D eigenvalue weighted by molar-refractivity contribution is 6.07. The van der Waals surface area contributed by atoms with E-state index in [4.69, 9.17) is 5.73 Å². The molecule has 0 spiro atoms. The number of primary amides is 1. The first-order valence-corrected chi connectivity index (χ1v) is 13.7. The molecule has 2 aliphatic rings. The molecule has 0 unspecified atom stereocenters. The van der Waals surface area contributed by atoms with Gasteiger partial charge in [-0.1, -0.05) is 18.2 Å². The van der Waals surface area contributed by atoms with Crippen LogP contribution >= 0.6 is 0 Å². The molecule has 10 nitrogen and oxygen atoms in total. The van der Waals surface area contributed by atoms with Crippen LogP contribution in [0.4, 0.5) is 18.9 Å². The number of nitrogens with zero attached hydrogens (tertiary/aromatic N) is 5. The van der Waals surface area contributed by atoms with Gasteiger partial charge in [0.25, 0.3) is 11.8 Å². The van der Waals surface area contributed by atoms with Gasteiger partial charge in [0, 0.05) is 39.3 Å². The van der Waals surface area contributed by atoms with Crippen molar-refractivity contribution in [2.24, 2.45) is 11.7 Å². The molecular weight excluding hydrogens is 537 g/mol. The number of nitrogens with two attached hydrogens (primary N) is 1. The first-order valence-electron chi connectivity index (χ1n) is 13.7. The van der Waals surface area contributed by atoms with E-state index in [0.29, 0.717) is 5.69 Å². The second-order valence-corrected chi connectivity index (χ2v) is 10.5. The molecule has 0 radical (unpaired) electrons. The van der Waals surface area contributed by atoms with Crippen LogP contribution in [0.5, 0.6) is 0 Å². The summed E-state index contributed by atoms with van der Waals surface area (Å²) in [4.78, 5) is 33.0. The van der Waals surface area contributed by atoms with Gasteiger partial charge in [-0.15, -0.1) is 0 Å². The lowest BCUT2D eigenvalue weighted by Crippen LogP contribution is -2.48. The molecule has 2 amide bonds. The Labute approximate surface area is 235 Å². The van der Waals surface area contributed by atoms with E-state index in [1.807, 2.05) is 24.3 Å². The number of alkyl halides is 3. The number of hydrogen-bond donors (Lipinski definition) is 3. The molecule has 5 rings (SSSR count). The van der Waals surface area contributed by atoms with Gasteiger partial charge in [0.05, 0.1) is 17.6 Å². The smallest absolute Gasteiger partial charge is 0.364 e. The van der Waals surface area contributed by atoms with Crippen molar-refractivity contribution in [3.05, 3.63) is 71.3 Å². The minimum Gasteiger partial charge on any atom is -0.364 e. The minimum absolute atomic E-state index is 0.0341. The molecule has 1 aromatic carbocycles. The Morgan fingerprint density at radius 1 is 1.00 bits per heavy atom. The topological polar surface area (TPSA) is 121 Å². The molecular formula is C28H33F3N8O2. The lowest BCUT2D eigenvalue weighted by atomic mass is 9.97. The predicted octanol–water partition coefficient (Wildman–Crippen LogP) is 2.75. The molecule has 2 saturated heterocycles. The number of halogens is 3. The Hall–Kier alpha value is -3.81. The largest absolute Gasteiger partial charge is 0.433 e. The fourth-order valence-electron chi connectivity index (χ4n) is 5.26. The van der Waals surface area contributed by atoms with Crippen molar-refractivity contribution in [1.82, 2.24) is 29.9 Å². The summed E-state index contributed by atoms with van der Waals surface area (Å²) < 4.78 is 40.4. The van der Waals surface area contributed by atoms with Crippen LogP contribution in [0.1, 0.15) is 45.1 Å². The van der Waals surface area contributed by atoms with Crippen molar-refractivity contribution in [3.8, 4) is 5.69 Å². The monoisotopic (exact) mass is 570 g/mol. The molecule has 0 saturated carbocycles. The number of carbonyl (C=O) groups excluding carboxylic acids is 2. The number of piperazine rings is 1. The van der Waals surface area contributed by atoms with Gasteiger partial charge in [-0.25, -0.2) is 9.67 Å². The number of nitrogens with one attached hydrogen (secondary N) is 2. The number of pyridine rings is 1. The number of carbonyl (C=O) groups is 2. The third kappa shape index (κ3) is 7.29. The van der Waals surface area contributed by atoms with Crippen molar-refractivity contribution in [3.63, 3.8) is 0 Å². The fraction of sp³-hybridized carbons (Fsp3) is 0.429. The molecule has 2 aromatic heterocycles. The van der Waals surface area contributed by atoms with E-state index in [9.17, 15) is 22.8 Å². The fourth-order valence-corrected chi connectivity index (χ4v) is 5.26. The van der Waals surface area contributed by atoms with Crippen LogP contribution in [0.15, 0.2) is 48.7 Å². The SMILES string of the molecule is NC(=O)c1nn(-c2ccc(CN3CCN(CC4CCNCC4)CC3)cc2)cc1NC(=O)c1cccc(C(F)(F)F)n1. The normalized spacial score (nSPS) is 17.4. The second-order valence-electron chi connectivity index (χ2n) is 10.5. The van der Waals surface area contributed by atoms with Crippen LogP contribution in [0.2, 0.25) is 0 Å². The van der Waals surface area contributed by atoms with Crippen molar-refractivity contribution in [1.29, 1.82) is 0 Å². The summed E-state index contributed by atoms with van der Waals surface area (Å²) in [7, 11) is 0. The number of piperidine rings is 1. The van der Waals surface area contributed by atoms with Gasteiger partial charge < -0.3 is 21.3 Å². The first kappa shape index (κ1) is 28.7. The van der Waals surface area contributed by atoms with Gasteiger partial charge in [0.2, 0.25) is 0 Å². The van der Waals surface area contributed by atoms with E-state index in [2.05, 4.69) is 30.5 Å². The highest BCUT2D eigenvalue weighted by Gasteiger charge is 2.33. The summed E-state index contributed by atoms with van der Waals surface area (Å²) in [6.07, 6.45) is -0.801. The van der Waals surface area contributed by atoms with Crippen molar-refractivity contribution >= 4 is 17.5 Å². The average molecular weight is 571 g/mol. The molecule has 0 aliphatic carbocycles. The maximum absolute atomic E-state index is 13.0. The van der Waals surface area contributed by atoms with Gasteiger partial charge in [0.15, 0.2) is 5.69 Å². The van der Waals surface area contributed by atoms with E-state index in [-0.39, 0.29) is 11.4 Å². The maximum Gasteiger partial charge on any atom is 0.433 e. The minimum atomic E-state index is -4.70. The summed E-state index contributed by atoms with van der Waals surface area (Å²) in [5, 5.41) is 10.0. The van der Waals surface area contributed by atoms with Crippen LogP contribution in [0, 0.1) is 5.92 Å². The Balaban J connectivity index is 1.20. The van der Waals surface area contributed by atoms with Crippen LogP contribution < -0.4 is 16.4 Å².